The Balaban J connectivity index is 1.21. The van der Waals surface area contributed by atoms with Crippen LogP contribution in [-0.2, 0) is 5.54 Å². The quantitative estimate of drug-likeness (QED) is 0.0876. The van der Waals surface area contributed by atoms with Crippen LogP contribution in [0.25, 0.3) is 11.3 Å². The van der Waals surface area contributed by atoms with E-state index in [1.807, 2.05) is 84.9 Å². The molecule has 0 aliphatic rings. The summed E-state index contributed by atoms with van der Waals surface area (Å²) in [6, 6.07) is 38.2. The minimum Gasteiger partial charge on any atom is -0.496 e. The van der Waals surface area contributed by atoms with Crippen molar-refractivity contribution in [2.75, 3.05) is 25.6 Å². The van der Waals surface area contributed by atoms with Gasteiger partial charge in [0.2, 0.25) is 0 Å². The van der Waals surface area contributed by atoms with E-state index in [1.165, 1.54) is 12.4 Å². The summed E-state index contributed by atoms with van der Waals surface area (Å²) in [7, 11) is 1.62. The first-order chi connectivity index (χ1) is 23.1. The van der Waals surface area contributed by atoms with Crippen LogP contribution in [0.2, 0.25) is 5.02 Å². The number of nitrogens with one attached hydrogen (secondary N) is 3. The van der Waals surface area contributed by atoms with Gasteiger partial charge in [-0.05, 0) is 47.9 Å². The molecule has 0 amide bonds. The molecule has 0 unspecified atom stereocenters. The topological polar surface area (TPSA) is 121 Å². The van der Waals surface area contributed by atoms with Crippen LogP contribution in [0.5, 0.6) is 11.5 Å². The Morgan fingerprint density at radius 1 is 0.830 bits per heavy atom. The predicted octanol–water partition coefficient (Wildman–Crippen LogP) is 7.49. The van der Waals surface area contributed by atoms with Gasteiger partial charge in [0.25, 0.3) is 0 Å². The maximum atomic E-state index is 8.98. The molecular weight excluding hydrogens is 610 g/mol. The third kappa shape index (κ3) is 6.79. The van der Waals surface area contributed by atoms with E-state index in [2.05, 4.69) is 61.1 Å². The number of aromatic amines is 1. The first kappa shape index (κ1) is 31.3. The number of anilines is 2. The molecule has 2 aromatic heterocycles. The normalized spacial score (nSPS) is 11.1. The molecule has 0 bridgehead atoms. The van der Waals surface area contributed by atoms with Crippen molar-refractivity contribution in [2.24, 2.45) is 0 Å². The fraction of sp³-hybridized carbons (Fsp3) is 0.135. The molecule has 0 aliphatic carbocycles. The molecule has 0 saturated carbocycles. The molecular formula is C37H32ClN7O2. The standard InChI is InChI=1S/C37H32ClN7O2/c1-46-32-18-10-19-33(36(32)31-22-34(45-44-31)43-35-25-40-28(23-39)24-41-35)47-21-11-20-42-37(26-12-4-2-5-13-26,27-14-6-3-7-15-27)29-16-8-9-17-30(29)38/h2-10,12-19,22,24-25,42H,11,20-21H2,1H3,(H2,41,43,44,45). The predicted molar refractivity (Wildman–Crippen MR) is 183 cm³/mol. The summed E-state index contributed by atoms with van der Waals surface area (Å²) in [4.78, 5) is 8.25. The first-order valence-electron chi connectivity index (χ1n) is 15.1. The lowest BCUT2D eigenvalue weighted by Crippen LogP contribution is -2.45. The highest BCUT2D eigenvalue weighted by atomic mass is 35.5. The second kappa shape index (κ2) is 14.6. The van der Waals surface area contributed by atoms with Crippen molar-refractivity contribution in [1.82, 2.24) is 25.5 Å². The Bertz CT molecular complexity index is 1920. The van der Waals surface area contributed by atoms with Gasteiger partial charge in [-0.3, -0.25) is 10.4 Å². The molecule has 0 fully saturated rings. The van der Waals surface area contributed by atoms with Gasteiger partial charge in [-0.2, -0.15) is 10.4 Å². The molecule has 234 valence electrons. The van der Waals surface area contributed by atoms with Gasteiger partial charge < -0.3 is 14.8 Å². The summed E-state index contributed by atoms with van der Waals surface area (Å²) in [6.07, 6.45) is 3.58. The zero-order valence-corrected chi connectivity index (χ0v) is 26.4. The number of hydrogen-bond donors (Lipinski definition) is 3. The number of nitrogens with zero attached hydrogens (tertiary/aromatic N) is 4. The van der Waals surface area contributed by atoms with Crippen molar-refractivity contribution in [1.29, 1.82) is 5.26 Å². The Morgan fingerprint density at radius 3 is 2.19 bits per heavy atom. The molecule has 0 saturated heterocycles. The van der Waals surface area contributed by atoms with Crippen molar-refractivity contribution >= 4 is 23.2 Å². The molecule has 0 aliphatic heterocycles. The van der Waals surface area contributed by atoms with E-state index in [0.29, 0.717) is 53.4 Å². The molecule has 9 nitrogen and oxygen atoms in total. The molecule has 10 heteroatoms. The molecule has 3 N–H and O–H groups in total. The molecule has 0 spiro atoms. The van der Waals surface area contributed by atoms with E-state index >= 15 is 0 Å². The number of hydrogen-bond acceptors (Lipinski definition) is 8. The first-order valence-corrected chi connectivity index (χ1v) is 15.5. The second-order valence-electron chi connectivity index (χ2n) is 10.6. The number of rotatable bonds is 13. The summed E-state index contributed by atoms with van der Waals surface area (Å²) in [5, 5.41) is 24.1. The van der Waals surface area contributed by atoms with E-state index in [-0.39, 0.29) is 5.69 Å². The Morgan fingerprint density at radius 2 is 1.53 bits per heavy atom. The Hall–Kier alpha value is -5.69. The number of methoxy groups -OCH3 is 1. The molecule has 4 aromatic carbocycles. The van der Waals surface area contributed by atoms with Crippen LogP contribution in [0.15, 0.2) is 122 Å². The van der Waals surface area contributed by atoms with Crippen molar-refractivity contribution in [3.8, 4) is 28.8 Å². The summed E-state index contributed by atoms with van der Waals surface area (Å²) in [5.41, 5.74) is 4.15. The second-order valence-corrected chi connectivity index (χ2v) is 11.0. The van der Waals surface area contributed by atoms with E-state index in [4.69, 9.17) is 26.3 Å². The maximum Gasteiger partial charge on any atom is 0.158 e. The van der Waals surface area contributed by atoms with Crippen LogP contribution in [0, 0.1) is 11.3 Å². The highest BCUT2D eigenvalue weighted by Crippen LogP contribution is 2.41. The highest BCUT2D eigenvalue weighted by molar-refractivity contribution is 6.31. The number of aromatic nitrogens is 4. The van der Waals surface area contributed by atoms with E-state index in [9.17, 15) is 0 Å². The van der Waals surface area contributed by atoms with E-state index in [1.54, 1.807) is 7.11 Å². The summed E-state index contributed by atoms with van der Waals surface area (Å²) in [6.45, 7) is 1.08. The summed E-state index contributed by atoms with van der Waals surface area (Å²) >= 11 is 6.88. The monoisotopic (exact) mass is 641 g/mol. The minimum atomic E-state index is -0.680. The Labute approximate surface area is 278 Å². The van der Waals surface area contributed by atoms with Gasteiger partial charge >= 0.3 is 0 Å². The van der Waals surface area contributed by atoms with Gasteiger partial charge in [0.05, 0.1) is 42.9 Å². The van der Waals surface area contributed by atoms with Gasteiger partial charge in [-0.15, -0.1) is 0 Å². The van der Waals surface area contributed by atoms with Crippen molar-refractivity contribution in [3.05, 3.63) is 149 Å². The average Bonchev–Trinajstić information content (AvgIpc) is 3.59. The van der Waals surface area contributed by atoms with Crippen molar-refractivity contribution < 1.29 is 9.47 Å². The minimum absolute atomic E-state index is 0.235. The SMILES string of the molecule is COc1cccc(OCCCNC(c2ccccc2)(c2ccccc2)c2ccccc2Cl)c1-c1cc(Nc2cnc(C#N)cn2)n[nH]1. The summed E-state index contributed by atoms with van der Waals surface area (Å²) in [5.74, 6) is 2.28. The van der Waals surface area contributed by atoms with E-state index in [0.717, 1.165) is 22.3 Å². The fourth-order valence-electron chi connectivity index (χ4n) is 5.61. The summed E-state index contributed by atoms with van der Waals surface area (Å²) < 4.78 is 12.1. The Kier molecular flexibility index (Phi) is 9.73. The van der Waals surface area contributed by atoms with Gasteiger partial charge in [0, 0.05) is 11.1 Å². The van der Waals surface area contributed by atoms with Crippen LogP contribution in [0.3, 0.4) is 0 Å². The van der Waals surface area contributed by atoms with Gasteiger partial charge in [0.15, 0.2) is 11.5 Å². The van der Waals surface area contributed by atoms with Crippen molar-refractivity contribution in [3.63, 3.8) is 0 Å². The number of ether oxygens (including phenoxy) is 2. The fourth-order valence-corrected chi connectivity index (χ4v) is 5.89. The molecule has 0 radical (unpaired) electrons. The lowest BCUT2D eigenvalue weighted by atomic mass is 9.77. The lowest BCUT2D eigenvalue weighted by Gasteiger charge is -2.37. The molecule has 0 atom stereocenters. The molecule has 6 rings (SSSR count). The maximum absolute atomic E-state index is 8.98. The van der Waals surface area contributed by atoms with Crippen molar-refractivity contribution in [2.45, 2.75) is 12.0 Å². The lowest BCUT2D eigenvalue weighted by molar-refractivity contribution is 0.300. The van der Waals surface area contributed by atoms with Gasteiger partial charge in [-0.25, -0.2) is 9.97 Å². The zero-order valence-electron chi connectivity index (χ0n) is 25.7. The van der Waals surface area contributed by atoms with Crippen LogP contribution >= 0.6 is 11.6 Å². The van der Waals surface area contributed by atoms with Gasteiger partial charge in [-0.1, -0.05) is 96.5 Å². The number of halogens is 1. The largest absolute Gasteiger partial charge is 0.496 e. The molecule has 2 heterocycles. The average molecular weight is 642 g/mol. The van der Waals surface area contributed by atoms with Gasteiger partial charge in [0.1, 0.15) is 23.4 Å². The van der Waals surface area contributed by atoms with Crippen LogP contribution in [-0.4, -0.2) is 40.4 Å². The van der Waals surface area contributed by atoms with Crippen LogP contribution in [0.1, 0.15) is 28.8 Å². The highest BCUT2D eigenvalue weighted by Gasteiger charge is 2.37. The number of H-pyrrole nitrogens is 1. The third-order valence-electron chi connectivity index (χ3n) is 7.74. The smallest absolute Gasteiger partial charge is 0.158 e. The van der Waals surface area contributed by atoms with Crippen LogP contribution in [0.4, 0.5) is 11.6 Å². The van der Waals surface area contributed by atoms with E-state index < -0.39 is 5.54 Å². The number of benzene rings is 4. The molecule has 6 aromatic rings. The zero-order chi connectivity index (χ0) is 32.5. The third-order valence-corrected chi connectivity index (χ3v) is 8.07. The number of nitriles is 1. The van der Waals surface area contributed by atoms with Crippen LogP contribution < -0.4 is 20.1 Å². The molecule has 47 heavy (non-hydrogen) atoms.